The standard InChI is InChI=1S/C20H17BrN4O2.C2HF3O2/c21-16-2-4-18(13-7-10-23-11-15(13)16)25-20(27)14-1-3-17(24-19(14)26)12-5-8-22-9-6-12;3-2(4,5)1(6)7/h1-6,8-9,23H,7,10-11H2,(H,24,26)(H,25,27);(H,6,7). The van der Waals surface area contributed by atoms with E-state index in [1.165, 1.54) is 0 Å². The van der Waals surface area contributed by atoms with Crippen molar-refractivity contribution in [2.45, 2.75) is 19.1 Å². The summed E-state index contributed by atoms with van der Waals surface area (Å²) in [5.74, 6) is -3.17. The minimum atomic E-state index is -5.08. The highest BCUT2D eigenvalue weighted by molar-refractivity contribution is 9.10. The van der Waals surface area contributed by atoms with Gasteiger partial charge in [-0.15, -0.1) is 0 Å². The number of anilines is 1. The van der Waals surface area contributed by atoms with Crippen molar-refractivity contribution in [3.8, 4) is 11.3 Å². The van der Waals surface area contributed by atoms with E-state index >= 15 is 0 Å². The molecule has 1 aromatic carbocycles. The predicted molar refractivity (Wildman–Crippen MR) is 121 cm³/mol. The molecule has 0 bridgehead atoms. The smallest absolute Gasteiger partial charge is 0.475 e. The van der Waals surface area contributed by atoms with Crippen LogP contribution in [-0.2, 0) is 17.8 Å². The molecule has 34 heavy (non-hydrogen) atoms. The van der Waals surface area contributed by atoms with Gasteiger partial charge in [0.25, 0.3) is 11.5 Å². The number of benzene rings is 1. The second-order valence-corrected chi connectivity index (χ2v) is 7.94. The first-order chi connectivity index (χ1) is 16.1. The fourth-order valence-electron chi connectivity index (χ4n) is 3.23. The summed E-state index contributed by atoms with van der Waals surface area (Å²) in [5.41, 5.74) is 4.13. The number of fused-ring (bicyclic) bond motifs is 1. The molecule has 0 saturated carbocycles. The highest BCUT2D eigenvalue weighted by Crippen LogP contribution is 2.30. The molecule has 0 radical (unpaired) electrons. The lowest BCUT2D eigenvalue weighted by Gasteiger charge is -2.22. The molecule has 0 atom stereocenters. The van der Waals surface area contributed by atoms with E-state index in [0.29, 0.717) is 5.69 Å². The fraction of sp³-hybridized carbons (Fsp3) is 0.182. The van der Waals surface area contributed by atoms with Crippen LogP contribution in [0.5, 0.6) is 0 Å². The second-order valence-electron chi connectivity index (χ2n) is 7.09. The summed E-state index contributed by atoms with van der Waals surface area (Å²) in [4.78, 5) is 40.8. The molecule has 1 aliphatic heterocycles. The zero-order valence-corrected chi connectivity index (χ0v) is 19.0. The number of nitrogens with zero attached hydrogens (tertiary/aromatic N) is 1. The van der Waals surface area contributed by atoms with Crippen molar-refractivity contribution in [1.82, 2.24) is 15.3 Å². The van der Waals surface area contributed by atoms with Gasteiger partial charge in [-0.05, 0) is 60.5 Å². The zero-order chi connectivity index (χ0) is 24.9. The predicted octanol–water partition coefficient (Wildman–Crippen LogP) is 3.73. The molecule has 1 amide bonds. The number of carboxylic acid groups (broad SMARTS) is 1. The lowest BCUT2D eigenvalue weighted by Crippen LogP contribution is -2.27. The lowest BCUT2D eigenvalue weighted by molar-refractivity contribution is -0.192. The molecule has 8 nitrogen and oxygen atoms in total. The van der Waals surface area contributed by atoms with Crippen LogP contribution in [0.3, 0.4) is 0 Å². The Morgan fingerprint density at radius 3 is 2.35 bits per heavy atom. The van der Waals surface area contributed by atoms with Gasteiger partial charge in [0.15, 0.2) is 0 Å². The Balaban J connectivity index is 0.000000406. The van der Waals surface area contributed by atoms with Gasteiger partial charge < -0.3 is 20.7 Å². The van der Waals surface area contributed by atoms with Crippen molar-refractivity contribution >= 4 is 33.5 Å². The molecule has 0 saturated heterocycles. The number of halogens is 4. The van der Waals surface area contributed by atoms with Crippen LogP contribution in [0.25, 0.3) is 11.3 Å². The number of H-pyrrole nitrogens is 1. The highest BCUT2D eigenvalue weighted by atomic mass is 79.9. The molecule has 178 valence electrons. The van der Waals surface area contributed by atoms with E-state index in [9.17, 15) is 22.8 Å². The van der Waals surface area contributed by atoms with Crippen LogP contribution in [0.2, 0.25) is 0 Å². The van der Waals surface area contributed by atoms with Crippen molar-refractivity contribution in [1.29, 1.82) is 0 Å². The summed E-state index contributed by atoms with van der Waals surface area (Å²) in [7, 11) is 0. The number of pyridine rings is 2. The van der Waals surface area contributed by atoms with Gasteiger partial charge in [-0.3, -0.25) is 14.6 Å². The maximum atomic E-state index is 12.7. The molecule has 0 aliphatic carbocycles. The Hall–Kier alpha value is -3.51. The molecule has 0 spiro atoms. The molecule has 0 fully saturated rings. The van der Waals surface area contributed by atoms with Gasteiger partial charge >= 0.3 is 12.1 Å². The van der Waals surface area contributed by atoms with Gasteiger partial charge in [0.05, 0.1) is 0 Å². The number of rotatable bonds is 3. The van der Waals surface area contributed by atoms with Crippen LogP contribution in [0.4, 0.5) is 18.9 Å². The van der Waals surface area contributed by atoms with Crippen molar-refractivity contribution in [3.63, 3.8) is 0 Å². The number of hydrogen-bond acceptors (Lipinski definition) is 5. The Kier molecular flexibility index (Phi) is 7.84. The van der Waals surface area contributed by atoms with E-state index in [-0.39, 0.29) is 5.56 Å². The molecule has 3 aromatic rings. The van der Waals surface area contributed by atoms with E-state index in [1.54, 1.807) is 36.7 Å². The first-order valence-corrected chi connectivity index (χ1v) is 10.6. The molecule has 0 unspecified atom stereocenters. The van der Waals surface area contributed by atoms with Gasteiger partial charge in [0.2, 0.25) is 0 Å². The largest absolute Gasteiger partial charge is 0.490 e. The number of alkyl halides is 3. The summed E-state index contributed by atoms with van der Waals surface area (Å²) in [6.45, 7) is 1.61. The average Bonchev–Trinajstić information content (AvgIpc) is 2.81. The number of amides is 1. The molecule has 12 heteroatoms. The Labute approximate surface area is 199 Å². The number of nitrogens with one attached hydrogen (secondary N) is 3. The minimum absolute atomic E-state index is 0.0819. The average molecular weight is 539 g/mol. The quantitative estimate of drug-likeness (QED) is 0.402. The van der Waals surface area contributed by atoms with Gasteiger partial charge in [0, 0.05) is 40.4 Å². The zero-order valence-electron chi connectivity index (χ0n) is 17.4. The van der Waals surface area contributed by atoms with Gasteiger partial charge in [0.1, 0.15) is 5.56 Å². The van der Waals surface area contributed by atoms with E-state index in [2.05, 4.69) is 36.5 Å². The van der Waals surface area contributed by atoms with Crippen LogP contribution >= 0.6 is 15.9 Å². The van der Waals surface area contributed by atoms with Crippen molar-refractivity contribution in [2.75, 3.05) is 11.9 Å². The Bertz CT molecular complexity index is 1260. The van der Waals surface area contributed by atoms with Crippen molar-refractivity contribution in [3.05, 3.63) is 80.3 Å². The summed E-state index contributed by atoms with van der Waals surface area (Å²) in [5, 5.41) is 13.3. The van der Waals surface area contributed by atoms with Gasteiger partial charge in [-0.2, -0.15) is 13.2 Å². The van der Waals surface area contributed by atoms with E-state index < -0.39 is 23.6 Å². The molecule has 4 N–H and O–H groups in total. The molecule has 2 aromatic heterocycles. The monoisotopic (exact) mass is 538 g/mol. The van der Waals surface area contributed by atoms with Crippen LogP contribution in [-0.4, -0.2) is 39.7 Å². The van der Waals surface area contributed by atoms with Gasteiger partial charge in [-0.1, -0.05) is 15.9 Å². The van der Waals surface area contributed by atoms with Crippen LogP contribution in [0, 0.1) is 0 Å². The summed E-state index contributed by atoms with van der Waals surface area (Å²) >= 11 is 3.56. The first-order valence-electron chi connectivity index (χ1n) is 9.84. The Morgan fingerprint density at radius 1 is 1.06 bits per heavy atom. The number of hydrogen-bond donors (Lipinski definition) is 4. The van der Waals surface area contributed by atoms with Gasteiger partial charge in [-0.25, -0.2) is 4.79 Å². The lowest BCUT2D eigenvalue weighted by atomic mass is 9.99. The third kappa shape index (κ3) is 6.08. The summed E-state index contributed by atoms with van der Waals surface area (Å²) in [6, 6.07) is 10.7. The maximum absolute atomic E-state index is 12.7. The second kappa shape index (κ2) is 10.6. The van der Waals surface area contributed by atoms with Crippen molar-refractivity contribution in [2.24, 2.45) is 0 Å². The fourth-order valence-corrected chi connectivity index (χ4v) is 3.74. The van der Waals surface area contributed by atoms with E-state index in [1.807, 2.05) is 12.1 Å². The number of aromatic amines is 1. The van der Waals surface area contributed by atoms with Crippen LogP contribution in [0.1, 0.15) is 21.5 Å². The third-order valence-electron chi connectivity index (χ3n) is 4.86. The van der Waals surface area contributed by atoms with E-state index in [4.69, 9.17) is 9.90 Å². The van der Waals surface area contributed by atoms with Crippen LogP contribution in [0.15, 0.2) is 58.1 Å². The van der Waals surface area contributed by atoms with E-state index in [0.717, 1.165) is 46.4 Å². The number of carbonyl (C=O) groups excluding carboxylic acids is 1. The number of carboxylic acids is 1. The Morgan fingerprint density at radius 2 is 1.74 bits per heavy atom. The SMILES string of the molecule is O=C(Nc1ccc(Br)c2c1CCNC2)c1ccc(-c2ccncc2)[nH]c1=O.O=C(O)C(F)(F)F. The number of carbonyl (C=O) groups is 2. The molecular formula is C22H18BrF3N4O4. The molecular weight excluding hydrogens is 521 g/mol. The van der Waals surface area contributed by atoms with Crippen molar-refractivity contribution < 1.29 is 27.9 Å². The maximum Gasteiger partial charge on any atom is 0.490 e. The minimum Gasteiger partial charge on any atom is -0.475 e. The molecule has 3 heterocycles. The number of aromatic nitrogens is 2. The normalized spacial score (nSPS) is 12.7. The summed E-state index contributed by atoms with van der Waals surface area (Å²) < 4.78 is 32.8. The third-order valence-corrected chi connectivity index (χ3v) is 5.61. The highest BCUT2D eigenvalue weighted by Gasteiger charge is 2.38. The topological polar surface area (TPSA) is 124 Å². The summed E-state index contributed by atoms with van der Waals surface area (Å²) in [6.07, 6.45) is -0.957. The molecule has 1 aliphatic rings. The first kappa shape index (κ1) is 25.1. The number of aliphatic carboxylic acids is 1. The van der Waals surface area contributed by atoms with Crippen LogP contribution < -0.4 is 16.2 Å². The molecule has 4 rings (SSSR count).